The van der Waals surface area contributed by atoms with E-state index in [1.165, 1.54) is 16.0 Å². The van der Waals surface area contributed by atoms with E-state index < -0.39 is 0 Å². The Balaban J connectivity index is 1.45. The number of carbonyl (C=O) groups is 1. The standard InChI is InChI=1S/C20H25N3OS/c1-16-6-2-3-9-19(16)25-15-20(24)22-18-8-5-11-23(14-18)13-17-7-4-10-21-12-17/h2-4,6-7,9-10,12,18H,5,8,11,13-15H2,1H3,(H,22,24)/t18-/m1/s1. The smallest absolute Gasteiger partial charge is 0.230 e. The number of benzene rings is 1. The predicted molar refractivity (Wildman–Crippen MR) is 103 cm³/mol. The van der Waals surface area contributed by atoms with E-state index in [4.69, 9.17) is 0 Å². The van der Waals surface area contributed by atoms with Crippen molar-refractivity contribution in [1.82, 2.24) is 15.2 Å². The fourth-order valence-electron chi connectivity index (χ4n) is 3.20. The largest absolute Gasteiger partial charge is 0.351 e. The van der Waals surface area contributed by atoms with Gasteiger partial charge in [0.25, 0.3) is 0 Å². The molecule has 1 aromatic carbocycles. The summed E-state index contributed by atoms with van der Waals surface area (Å²) in [7, 11) is 0. The number of thioether (sulfide) groups is 1. The van der Waals surface area contributed by atoms with E-state index in [9.17, 15) is 4.79 Å². The van der Waals surface area contributed by atoms with Crippen molar-refractivity contribution in [2.75, 3.05) is 18.8 Å². The summed E-state index contributed by atoms with van der Waals surface area (Å²) in [6.45, 7) is 4.98. The number of hydrogen-bond acceptors (Lipinski definition) is 4. The van der Waals surface area contributed by atoms with Crippen LogP contribution in [0.1, 0.15) is 24.0 Å². The zero-order valence-electron chi connectivity index (χ0n) is 14.6. The van der Waals surface area contributed by atoms with Crippen LogP contribution in [0, 0.1) is 6.92 Å². The molecule has 2 heterocycles. The van der Waals surface area contributed by atoms with Crippen molar-refractivity contribution in [1.29, 1.82) is 0 Å². The number of nitrogens with one attached hydrogen (secondary N) is 1. The zero-order chi connectivity index (χ0) is 17.5. The van der Waals surface area contributed by atoms with Crippen molar-refractivity contribution < 1.29 is 4.79 Å². The third kappa shape index (κ3) is 5.58. The summed E-state index contributed by atoms with van der Waals surface area (Å²) >= 11 is 1.61. The first kappa shape index (κ1) is 18.0. The summed E-state index contributed by atoms with van der Waals surface area (Å²) in [5, 5.41) is 3.21. The van der Waals surface area contributed by atoms with Gasteiger partial charge in [-0.1, -0.05) is 24.3 Å². The lowest BCUT2D eigenvalue weighted by atomic mass is 10.1. The van der Waals surface area contributed by atoms with Gasteiger partial charge in [0.15, 0.2) is 0 Å². The van der Waals surface area contributed by atoms with Gasteiger partial charge in [-0.05, 0) is 49.6 Å². The Morgan fingerprint density at radius 1 is 1.32 bits per heavy atom. The molecule has 132 valence electrons. The molecular formula is C20H25N3OS. The van der Waals surface area contributed by atoms with Crippen LogP contribution < -0.4 is 5.32 Å². The summed E-state index contributed by atoms with van der Waals surface area (Å²) in [6, 6.07) is 12.5. The number of hydrogen-bond donors (Lipinski definition) is 1. The number of amides is 1. The summed E-state index contributed by atoms with van der Waals surface area (Å²) in [5.41, 5.74) is 2.45. The van der Waals surface area contributed by atoms with Gasteiger partial charge in [-0.2, -0.15) is 0 Å². The number of piperidine rings is 1. The van der Waals surface area contributed by atoms with E-state index in [0.29, 0.717) is 5.75 Å². The van der Waals surface area contributed by atoms with Gasteiger partial charge < -0.3 is 5.32 Å². The molecule has 2 aromatic rings. The molecule has 1 atom stereocenters. The molecule has 3 rings (SSSR count). The van der Waals surface area contributed by atoms with Gasteiger partial charge in [-0.3, -0.25) is 14.7 Å². The maximum atomic E-state index is 12.3. The monoisotopic (exact) mass is 355 g/mol. The number of nitrogens with zero attached hydrogens (tertiary/aromatic N) is 2. The first-order valence-electron chi connectivity index (χ1n) is 8.80. The van der Waals surface area contributed by atoms with Gasteiger partial charge >= 0.3 is 0 Å². The normalized spacial score (nSPS) is 18.0. The number of carbonyl (C=O) groups excluding carboxylic acids is 1. The van der Waals surface area contributed by atoms with E-state index in [1.807, 2.05) is 24.4 Å². The Hall–Kier alpha value is -1.85. The lowest BCUT2D eigenvalue weighted by Gasteiger charge is -2.33. The molecule has 0 saturated carbocycles. The van der Waals surface area contributed by atoms with E-state index in [1.54, 1.807) is 18.0 Å². The van der Waals surface area contributed by atoms with Crippen LogP contribution in [0.25, 0.3) is 0 Å². The lowest BCUT2D eigenvalue weighted by molar-refractivity contribution is -0.119. The Labute approximate surface area is 154 Å². The first-order valence-corrected chi connectivity index (χ1v) is 9.78. The highest BCUT2D eigenvalue weighted by molar-refractivity contribution is 8.00. The van der Waals surface area contributed by atoms with Crippen LogP contribution in [0.5, 0.6) is 0 Å². The van der Waals surface area contributed by atoms with Crippen LogP contribution >= 0.6 is 11.8 Å². The highest BCUT2D eigenvalue weighted by atomic mass is 32.2. The van der Waals surface area contributed by atoms with Crippen molar-refractivity contribution in [2.45, 2.75) is 37.2 Å². The molecule has 1 fully saturated rings. The molecule has 1 saturated heterocycles. The molecule has 1 aromatic heterocycles. The number of likely N-dealkylation sites (tertiary alicyclic amines) is 1. The van der Waals surface area contributed by atoms with Crippen LogP contribution in [0.15, 0.2) is 53.7 Å². The van der Waals surface area contributed by atoms with E-state index >= 15 is 0 Å². The number of aromatic nitrogens is 1. The minimum Gasteiger partial charge on any atom is -0.351 e. The van der Waals surface area contributed by atoms with Gasteiger partial charge in [0.1, 0.15) is 0 Å². The molecule has 0 aliphatic carbocycles. The molecule has 1 N–H and O–H groups in total. The molecule has 1 aliphatic heterocycles. The van der Waals surface area contributed by atoms with E-state index in [2.05, 4.69) is 40.3 Å². The fourth-order valence-corrected chi connectivity index (χ4v) is 4.04. The van der Waals surface area contributed by atoms with Crippen LogP contribution in [0.4, 0.5) is 0 Å². The Bertz CT molecular complexity index is 692. The molecule has 0 bridgehead atoms. The summed E-state index contributed by atoms with van der Waals surface area (Å²) in [4.78, 5) is 20.1. The molecule has 0 radical (unpaired) electrons. The third-order valence-electron chi connectivity index (χ3n) is 4.45. The van der Waals surface area contributed by atoms with Gasteiger partial charge in [0, 0.05) is 36.4 Å². The molecule has 0 unspecified atom stereocenters. The number of pyridine rings is 1. The van der Waals surface area contributed by atoms with Gasteiger partial charge in [0.05, 0.1) is 5.75 Å². The average Bonchev–Trinajstić information content (AvgIpc) is 2.62. The Morgan fingerprint density at radius 3 is 3.00 bits per heavy atom. The topological polar surface area (TPSA) is 45.2 Å². The maximum absolute atomic E-state index is 12.3. The zero-order valence-corrected chi connectivity index (χ0v) is 15.5. The second-order valence-corrected chi connectivity index (χ2v) is 7.57. The van der Waals surface area contributed by atoms with Gasteiger partial charge in [-0.15, -0.1) is 11.8 Å². The van der Waals surface area contributed by atoms with Crippen LogP contribution in [0.2, 0.25) is 0 Å². The summed E-state index contributed by atoms with van der Waals surface area (Å²) < 4.78 is 0. The summed E-state index contributed by atoms with van der Waals surface area (Å²) in [6.07, 6.45) is 5.90. The molecule has 25 heavy (non-hydrogen) atoms. The number of rotatable bonds is 6. The van der Waals surface area contributed by atoms with Crippen molar-refractivity contribution >= 4 is 17.7 Å². The van der Waals surface area contributed by atoms with Crippen molar-refractivity contribution in [3.8, 4) is 0 Å². The maximum Gasteiger partial charge on any atom is 0.230 e. The Morgan fingerprint density at radius 2 is 2.20 bits per heavy atom. The molecule has 1 aliphatic rings. The SMILES string of the molecule is Cc1ccccc1SCC(=O)N[C@@H]1CCCN(Cc2cccnc2)C1. The van der Waals surface area contributed by atoms with Gasteiger partial charge in [-0.25, -0.2) is 0 Å². The molecule has 4 nitrogen and oxygen atoms in total. The molecule has 1 amide bonds. The fraction of sp³-hybridized carbons (Fsp3) is 0.400. The Kier molecular flexibility index (Phi) is 6.48. The third-order valence-corrected chi connectivity index (χ3v) is 5.63. The second kappa shape index (κ2) is 9.02. The van der Waals surface area contributed by atoms with Crippen LogP contribution in [-0.2, 0) is 11.3 Å². The summed E-state index contributed by atoms with van der Waals surface area (Å²) in [5.74, 6) is 0.603. The average molecular weight is 356 g/mol. The van der Waals surface area contributed by atoms with Crippen molar-refractivity contribution in [2.24, 2.45) is 0 Å². The van der Waals surface area contributed by atoms with Crippen LogP contribution in [0.3, 0.4) is 0 Å². The van der Waals surface area contributed by atoms with Crippen LogP contribution in [-0.4, -0.2) is 40.7 Å². The molecular weight excluding hydrogens is 330 g/mol. The second-order valence-electron chi connectivity index (χ2n) is 6.56. The molecule has 5 heteroatoms. The van der Waals surface area contributed by atoms with Crippen molar-refractivity contribution in [3.63, 3.8) is 0 Å². The quantitative estimate of drug-likeness (QED) is 0.808. The number of aryl methyl sites for hydroxylation is 1. The minimum atomic E-state index is 0.126. The molecule has 0 spiro atoms. The highest BCUT2D eigenvalue weighted by Gasteiger charge is 2.21. The predicted octanol–water partition coefficient (Wildman–Crippen LogP) is 3.26. The van der Waals surface area contributed by atoms with Crippen molar-refractivity contribution in [3.05, 3.63) is 59.9 Å². The lowest BCUT2D eigenvalue weighted by Crippen LogP contribution is -2.47. The van der Waals surface area contributed by atoms with Gasteiger partial charge in [0.2, 0.25) is 5.91 Å². The van der Waals surface area contributed by atoms with E-state index in [0.717, 1.165) is 32.5 Å². The highest BCUT2D eigenvalue weighted by Crippen LogP contribution is 2.21. The van der Waals surface area contributed by atoms with E-state index in [-0.39, 0.29) is 11.9 Å². The minimum absolute atomic E-state index is 0.126. The first-order chi connectivity index (χ1) is 12.2.